The normalized spacial score (nSPS) is 22.1. The van der Waals surface area contributed by atoms with Gasteiger partial charge in [0.25, 0.3) is 0 Å². The van der Waals surface area contributed by atoms with Crippen LogP contribution in [0.3, 0.4) is 0 Å². The highest BCUT2D eigenvalue weighted by molar-refractivity contribution is 5.70. The Labute approximate surface area is 157 Å². The smallest absolute Gasteiger partial charge is 0.370 e. The molecule has 0 aromatic carbocycles. The maximum atomic E-state index is 14.3. The van der Waals surface area contributed by atoms with Crippen LogP contribution < -0.4 is 0 Å². The third-order valence-electron chi connectivity index (χ3n) is 5.27. The van der Waals surface area contributed by atoms with Crippen LogP contribution in [-0.2, 0) is 7.05 Å². The molecule has 27 heavy (non-hydrogen) atoms. The summed E-state index contributed by atoms with van der Waals surface area (Å²) in [6.45, 7) is 0. The number of hydrogen-bond donors (Lipinski definition) is 0. The zero-order chi connectivity index (χ0) is 19.2. The van der Waals surface area contributed by atoms with E-state index in [4.69, 9.17) is 0 Å². The summed E-state index contributed by atoms with van der Waals surface area (Å²) in [5, 5.41) is 0. The van der Waals surface area contributed by atoms with E-state index >= 15 is 0 Å². The van der Waals surface area contributed by atoms with Gasteiger partial charge in [-0.2, -0.15) is 13.2 Å². The number of alkyl halides is 3. The Morgan fingerprint density at radius 3 is 2.63 bits per heavy atom. The van der Waals surface area contributed by atoms with Crippen LogP contribution in [0.4, 0.5) is 13.2 Å². The Kier molecular flexibility index (Phi) is 4.25. The molecule has 1 aromatic rings. The van der Waals surface area contributed by atoms with Crippen LogP contribution >= 0.6 is 0 Å². The highest BCUT2D eigenvalue weighted by Gasteiger charge is 2.46. The van der Waals surface area contributed by atoms with E-state index in [-0.39, 0.29) is 11.6 Å². The number of aromatic nitrogens is 1. The second kappa shape index (κ2) is 6.48. The summed E-state index contributed by atoms with van der Waals surface area (Å²) in [5.41, 5.74) is 2.68. The van der Waals surface area contributed by atoms with Crippen molar-refractivity contribution in [2.75, 3.05) is 7.05 Å². The first-order valence-electron chi connectivity index (χ1n) is 8.96. The maximum absolute atomic E-state index is 14.3. The lowest BCUT2D eigenvalue weighted by molar-refractivity contribution is -0.141. The van der Waals surface area contributed by atoms with Crippen molar-refractivity contribution in [3.8, 4) is 0 Å². The van der Waals surface area contributed by atoms with Crippen LogP contribution in [0, 0.1) is 0 Å². The number of fused-ring (bicyclic) bond motifs is 2. The van der Waals surface area contributed by atoms with Crippen LogP contribution in [0.2, 0.25) is 0 Å². The molecule has 2 bridgehead atoms. The molecule has 0 saturated heterocycles. The van der Waals surface area contributed by atoms with Crippen LogP contribution in [0.1, 0.15) is 29.2 Å². The quantitative estimate of drug-likeness (QED) is 0.681. The number of likely N-dealkylation sites (N-methyl/N-ethyl adjacent to an activating group) is 1. The number of rotatable bonds is 2. The van der Waals surface area contributed by atoms with E-state index < -0.39 is 12.1 Å². The monoisotopic (exact) mass is 370 g/mol. The summed E-state index contributed by atoms with van der Waals surface area (Å²) < 4.78 is 44.8. The molecule has 0 radical (unpaired) electrons. The Morgan fingerprint density at radius 1 is 1.07 bits per heavy atom. The molecule has 4 rings (SSSR count). The van der Waals surface area contributed by atoms with Gasteiger partial charge in [0.05, 0.1) is 6.04 Å². The largest absolute Gasteiger partial charge is 0.399 e. The first kappa shape index (κ1) is 17.7. The molecule has 2 heterocycles. The number of hydrogen-bond acceptors (Lipinski definition) is 1. The van der Waals surface area contributed by atoms with Gasteiger partial charge in [0.1, 0.15) is 5.92 Å². The lowest BCUT2D eigenvalue weighted by Crippen LogP contribution is -2.31. The number of nitrogens with zero attached hydrogens (tertiary/aromatic N) is 2. The van der Waals surface area contributed by atoms with Crippen LogP contribution in [0.5, 0.6) is 0 Å². The minimum Gasteiger partial charge on any atom is -0.370 e. The lowest BCUT2D eigenvalue weighted by atomic mass is 9.83. The fourth-order valence-corrected chi connectivity index (χ4v) is 3.97. The van der Waals surface area contributed by atoms with Crippen LogP contribution in [-0.4, -0.2) is 28.7 Å². The predicted molar refractivity (Wildman–Crippen MR) is 103 cm³/mol. The summed E-state index contributed by atoms with van der Waals surface area (Å²) in [7, 11) is 3.61. The van der Waals surface area contributed by atoms with Gasteiger partial charge in [-0.3, -0.25) is 0 Å². The predicted octanol–water partition coefficient (Wildman–Crippen LogP) is 5.35. The zero-order valence-corrected chi connectivity index (χ0v) is 15.2. The second-order valence-corrected chi connectivity index (χ2v) is 7.12. The molecule has 3 aliphatic rings. The van der Waals surface area contributed by atoms with E-state index in [0.29, 0.717) is 16.7 Å². The molecular formula is C22H21F3N2. The maximum Gasteiger partial charge on any atom is 0.399 e. The summed E-state index contributed by atoms with van der Waals surface area (Å²) in [6, 6.07) is -0.0247. The van der Waals surface area contributed by atoms with Gasteiger partial charge in [-0.1, -0.05) is 48.6 Å². The van der Waals surface area contributed by atoms with E-state index in [1.807, 2.05) is 54.5 Å². The van der Waals surface area contributed by atoms with Crippen LogP contribution in [0.15, 0.2) is 66.1 Å². The van der Waals surface area contributed by atoms with Crippen molar-refractivity contribution in [1.82, 2.24) is 9.47 Å². The van der Waals surface area contributed by atoms with Gasteiger partial charge >= 0.3 is 6.18 Å². The Hall–Kier alpha value is -2.69. The topological polar surface area (TPSA) is 8.17 Å². The molecular weight excluding hydrogens is 349 g/mol. The Balaban J connectivity index is 1.89. The Morgan fingerprint density at radius 2 is 1.85 bits per heavy atom. The number of aryl methyl sites for hydroxylation is 1. The molecule has 1 aliphatic heterocycles. The minimum atomic E-state index is -4.40. The molecule has 1 aromatic heterocycles. The van der Waals surface area contributed by atoms with Crippen molar-refractivity contribution in [2.24, 2.45) is 7.05 Å². The first-order chi connectivity index (χ1) is 12.9. The summed E-state index contributed by atoms with van der Waals surface area (Å²) in [5.74, 6) is -1.68. The van der Waals surface area contributed by atoms with Crippen molar-refractivity contribution >= 4 is 12.2 Å². The van der Waals surface area contributed by atoms with Gasteiger partial charge in [0, 0.05) is 37.7 Å². The lowest BCUT2D eigenvalue weighted by Gasteiger charge is -2.32. The molecule has 140 valence electrons. The number of allylic oxidation sites excluding steroid dienone is 7. The molecule has 0 N–H and O–H groups in total. The van der Waals surface area contributed by atoms with Gasteiger partial charge < -0.3 is 9.47 Å². The second-order valence-electron chi connectivity index (χ2n) is 7.12. The molecule has 5 heteroatoms. The fraction of sp³-hybridized carbons (Fsp3) is 0.273. The first-order valence-corrected chi connectivity index (χ1v) is 8.96. The Bertz CT molecular complexity index is 935. The summed E-state index contributed by atoms with van der Waals surface area (Å²) in [6.07, 6.45) is 16.5. The molecule has 2 unspecified atom stereocenters. The highest BCUT2D eigenvalue weighted by Crippen LogP contribution is 2.47. The zero-order valence-electron chi connectivity index (χ0n) is 15.2. The standard InChI is InChI=1S/C22H21F3N2/c1-26-13-18(15-8-6-7-9-16(26)12-15)21(22(23,24)25)19-14-27(2)20-11-5-3-4-10-17(19)20/h4-14,16,21H,3H2,1-2H3. The molecule has 2 nitrogen and oxygen atoms in total. The third kappa shape index (κ3) is 3.11. The van der Waals surface area contributed by atoms with Crippen molar-refractivity contribution in [3.05, 3.63) is 82.9 Å². The van der Waals surface area contributed by atoms with Crippen LogP contribution in [0.25, 0.3) is 12.2 Å². The fourth-order valence-electron chi connectivity index (χ4n) is 3.97. The average molecular weight is 370 g/mol. The molecule has 0 spiro atoms. The van der Waals surface area contributed by atoms with Gasteiger partial charge in [-0.25, -0.2) is 0 Å². The summed E-state index contributed by atoms with van der Waals surface area (Å²) in [4.78, 5) is 1.83. The van der Waals surface area contributed by atoms with E-state index in [1.165, 1.54) is 0 Å². The molecule has 0 saturated carbocycles. The van der Waals surface area contributed by atoms with Gasteiger partial charge in [0.15, 0.2) is 0 Å². The molecule has 2 atom stereocenters. The van der Waals surface area contributed by atoms with Crippen molar-refractivity contribution in [1.29, 1.82) is 0 Å². The van der Waals surface area contributed by atoms with Gasteiger partial charge in [-0.15, -0.1) is 0 Å². The molecule has 2 aliphatic carbocycles. The minimum absolute atomic E-state index is 0.0247. The van der Waals surface area contributed by atoms with Crippen molar-refractivity contribution < 1.29 is 13.2 Å². The van der Waals surface area contributed by atoms with Crippen molar-refractivity contribution in [2.45, 2.75) is 24.6 Å². The SMILES string of the molecule is CN1C=C(C(c2cn(C)c3c2C=CCC=C3)C(F)(F)F)C2=CC1C=CC=C2. The summed E-state index contributed by atoms with van der Waals surface area (Å²) >= 11 is 0. The van der Waals surface area contributed by atoms with Crippen molar-refractivity contribution in [3.63, 3.8) is 0 Å². The molecule has 0 amide bonds. The van der Waals surface area contributed by atoms with Gasteiger partial charge in [-0.05, 0) is 29.2 Å². The number of halogens is 3. The van der Waals surface area contributed by atoms with E-state index in [1.54, 1.807) is 36.2 Å². The van der Waals surface area contributed by atoms with Gasteiger partial charge in [0.2, 0.25) is 0 Å². The third-order valence-corrected chi connectivity index (χ3v) is 5.27. The molecule has 0 fully saturated rings. The highest BCUT2D eigenvalue weighted by atomic mass is 19.4. The van der Waals surface area contributed by atoms with E-state index in [9.17, 15) is 13.2 Å². The van der Waals surface area contributed by atoms with E-state index in [2.05, 4.69) is 0 Å². The average Bonchev–Trinajstić information content (AvgIpc) is 2.83. The van der Waals surface area contributed by atoms with E-state index in [0.717, 1.165) is 12.1 Å².